The number of nitrogens with zero attached hydrogens (tertiary/aromatic N) is 5. The summed E-state index contributed by atoms with van der Waals surface area (Å²) in [7, 11) is 0. The molecular formula is H4N6O15Y-4. The van der Waals surface area contributed by atoms with Crippen molar-refractivity contribution in [2.24, 2.45) is 0 Å². The van der Waals surface area contributed by atoms with E-state index in [-0.39, 0.29) is 38.9 Å². The molecule has 0 bridgehead atoms. The summed E-state index contributed by atoms with van der Waals surface area (Å²) in [5, 5.41) is 73.8. The molecule has 0 saturated carbocycles. The van der Waals surface area contributed by atoms with Crippen molar-refractivity contribution in [3.8, 4) is 0 Å². The van der Waals surface area contributed by atoms with E-state index in [2.05, 4.69) is 0 Å². The normalized spacial score (nSPS) is 5.45. The molecule has 0 unspecified atom stereocenters. The molecule has 0 saturated heterocycles. The Morgan fingerprint density at radius 3 is 0.364 bits per heavy atom. The van der Waals surface area contributed by atoms with Crippen molar-refractivity contribution in [3.63, 3.8) is 0 Å². The fourth-order valence-corrected chi connectivity index (χ4v) is 0. The van der Waals surface area contributed by atoms with Gasteiger partial charge in [0.1, 0.15) is 0 Å². The fourth-order valence-electron chi connectivity index (χ4n) is 0. The number of hydrogen-bond donors (Lipinski definition) is 1. The molecule has 0 aliphatic heterocycles. The molecule has 0 aromatic carbocycles. The molecule has 22 heteroatoms. The van der Waals surface area contributed by atoms with Crippen LogP contribution in [-0.2, 0) is 32.7 Å². The van der Waals surface area contributed by atoms with Gasteiger partial charge in [-0.15, -0.1) is 0 Å². The molecule has 131 valence electrons. The molecule has 0 spiro atoms. The Morgan fingerprint density at radius 1 is 0.364 bits per heavy atom. The second-order valence-electron chi connectivity index (χ2n) is 1.12. The van der Waals surface area contributed by atoms with Crippen molar-refractivity contribution < 1.29 is 58.1 Å². The molecule has 0 aromatic rings. The Morgan fingerprint density at radius 2 is 0.364 bits per heavy atom. The molecule has 0 amide bonds. The second-order valence-corrected chi connectivity index (χ2v) is 1.12. The van der Waals surface area contributed by atoms with E-state index in [1.165, 1.54) is 0 Å². The van der Waals surface area contributed by atoms with E-state index < -0.39 is 25.4 Å². The first-order valence-corrected chi connectivity index (χ1v) is 2.74. The predicted molar refractivity (Wildman–Crippen MR) is 57.8 cm³/mol. The zero-order valence-corrected chi connectivity index (χ0v) is 12.8. The van der Waals surface area contributed by atoms with E-state index in [9.17, 15) is 0 Å². The summed E-state index contributed by atoms with van der Waals surface area (Å²) in [6.45, 7) is 0. The monoisotopic (exact) mass is 417 g/mol. The Bertz CT molecular complexity index is 209. The molecule has 4 N–H and O–H groups in total. The molecule has 1 radical (unpaired) electrons. The van der Waals surface area contributed by atoms with Crippen molar-refractivity contribution in [2.45, 2.75) is 0 Å². The number of hydrogen-bond acceptors (Lipinski definition) is 15. The third-order valence-electron chi connectivity index (χ3n) is 0. The zero-order valence-electron chi connectivity index (χ0n) is 9.94. The van der Waals surface area contributed by atoms with Gasteiger partial charge in [0, 0.05) is 32.7 Å². The maximum absolute atomic E-state index is 8.25. The van der Waals surface area contributed by atoms with Crippen LogP contribution in [0.1, 0.15) is 0 Å². The first kappa shape index (κ1) is 42.7. The van der Waals surface area contributed by atoms with Crippen LogP contribution < -0.4 is 6.15 Å². The Balaban J connectivity index is -0.0000000250. The van der Waals surface area contributed by atoms with Gasteiger partial charge in [0.15, 0.2) is 0 Å². The van der Waals surface area contributed by atoms with E-state index >= 15 is 0 Å². The Labute approximate surface area is 141 Å². The summed E-state index contributed by atoms with van der Waals surface area (Å²) in [4.78, 5) is 41.2. The molecule has 0 aromatic heterocycles. The van der Waals surface area contributed by atoms with Crippen LogP contribution in [0.3, 0.4) is 0 Å². The summed E-state index contributed by atoms with van der Waals surface area (Å²) < 4.78 is 0. The zero-order chi connectivity index (χ0) is 17.9. The molecule has 0 fully saturated rings. The van der Waals surface area contributed by atoms with E-state index in [1.807, 2.05) is 0 Å². The third-order valence-corrected chi connectivity index (χ3v) is 0. The minimum Gasteiger partial charge on any atom is -0.369 e. The Hall–Kier alpha value is -2.94. The molecule has 0 heterocycles. The van der Waals surface area contributed by atoms with Crippen molar-refractivity contribution in [2.75, 3.05) is 0 Å². The van der Waals surface area contributed by atoms with Gasteiger partial charge in [-0.3, -0.25) is 0 Å². The third kappa shape index (κ3) is 511. The van der Waals surface area contributed by atoms with E-state index in [0.717, 1.165) is 0 Å². The average Bonchev–Trinajstić information content (AvgIpc) is 1.94. The number of rotatable bonds is 0. The van der Waals surface area contributed by atoms with Gasteiger partial charge in [-0.2, -0.15) is 0 Å². The minimum atomic E-state index is -1.75. The maximum atomic E-state index is 8.25. The van der Waals surface area contributed by atoms with Gasteiger partial charge in [0.25, 0.3) is 0 Å². The standard InChI is InChI=1S/5NO3.H3N.Y/c5*2-1(3)4;;/h;;;;;1H3;/q5*-1;;/p+1. The molecule has 21 nitrogen and oxygen atoms in total. The maximum Gasteiger partial charge on any atom is 0.0689 e. The summed E-state index contributed by atoms with van der Waals surface area (Å²) >= 11 is 0. The van der Waals surface area contributed by atoms with Crippen molar-refractivity contribution in [1.29, 1.82) is 0 Å². The van der Waals surface area contributed by atoms with Gasteiger partial charge in [0.2, 0.25) is 0 Å². The molecular weight excluding hydrogens is 413 g/mol. The molecule has 22 heavy (non-hydrogen) atoms. The second kappa shape index (κ2) is 36.1. The first-order valence-electron chi connectivity index (χ1n) is 2.74. The average molecular weight is 417 g/mol. The van der Waals surface area contributed by atoms with Crippen LogP contribution in [0.15, 0.2) is 0 Å². The van der Waals surface area contributed by atoms with Crippen LogP contribution in [0.2, 0.25) is 0 Å². The van der Waals surface area contributed by atoms with Crippen LogP contribution in [-0.4, -0.2) is 25.4 Å². The van der Waals surface area contributed by atoms with Crippen LogP contribution >= 0.6 is 0 Å². The van der Waals surface area contributed by atoms with Crippen LogP contribution in [0.5, 0.6) is 0 Å². The largest absolute Gasteiger partial charge is 0.369 e. The van der Waals surface area contributed by atoms with Gasteiger partial charge in [-0.05, 0) is 0 Å². The molecule has 0 atom stereocenters. The SMILES string of the molecule is O=[N+]([O-])[O-].O=[N+]([O-])[O-].O=[N+]([O-])[O-].O=[N+]([O-])[O-].O=[N+]([O-])[O-].[NH4+].[Y]. The van der Waals surface area contributed by atoms with Crippen LogP contribution in [0, 0.1) is 76.6 Å². The van der Waals surface area contributed by atoms with Crippen molar-refractivity contribution >= 4 is 0 Å². The Kier molecular flexibility index (Phi) is 70.2. The summed E-state index contributed by atoms with van der Waals surface area (Å²) in [6, 6.07) is 0. The van der Waals surface area contributed by atoms with Gasteiger partial charge < -0.3 is 82.8 Å². The van der Waals surface area contributed by atoms with Gasteiger partial charge in [-0.1, -0.05) is 0 Å². The predicted octanol–water partition coefficient (Wildman–Crippen LogP) is -0.822. The van der Waals surface area contributed by atoms with Gasteiger partial charge >= 0.3 is 0 Å². The molecule has 0 aliphatic rings. The van der Waals surface area contributed by atoms with E-state index in [0.29, 0.717) is 0 Å². The minimum absolute atomic E-state index is 0. The van der Waals surface area contributed by atoms with E-state index in [4.69, 9.17) is 76.6 Å². The first-order chi connectivity index (χ1) is 8.66. The topological polar surface area (TPSA) is 367 Å². The summed E-state index contributed by atoms with van der Waals surface area (Å²) in [5.41, 5.74) is 0. The van der Waals surface area contributed by atoms with Crippen LogP contribution in [0.25, 0.3) is 0 Å². The van der Waals surface area contributed by atoms with Crippen molar-refractivity contribution in [3.05, 3.63) is 76.6 Å². The summed E-state index contributed by atoms with van der Waals surface area (Å²) in [5.74, 6) is 0. The molecule has 0 rings (SSSR count). The van der Waals surface area contributed by atoms with Crippen molar-refractivity contribution in [1.82, 2.24) is 6.15 Å². The quantitative estimate of drug-likeness (QED) is 0.371. The number of quaternary nitrogens is 1. The fraction of sp³-hybridized carbons (Fsp3) is 0. The van der Waals surface area contributed by atoms with E-state index in [1.54, 1.807) is 0 Å². The van der Waals surface area contributed by atoms with Gasteiger partial charge in [-0.25, -0.2) is 0 Å². The van der Waals surface area contributed by atoms with Gasteiger partial charge in [0.05, 0.1) is 25.4 Å². The summed E-state index contributed by atoms with van der Waals surface area (Å²) in [6.07, 6.45) is 0. The smallest absolute Gasteiger partial charge is 0.0689 e. The van der Waals surface area contributed by atoms with Crippen LogP contribution in [0.4, 0.5) is 0 Å². The molecule has 0 aliphatic carbocycles.